The van der Waals surface area contributed by atoms with Gasteiger partial charge in [0.2, 0.25) is 41.4 Å². The molecule has 66 heavy (non-hydrogen) atoms. The Labute approximate surface area is 383 Å². The number of carboxylic acids is 2. The van der Waals surface area contributed by atoms with Crippen molar-refractivity contribution in [2.75, 3.05) is 13.1 Å². The Bertz CT molecular complexity index is 2420. The lowest BCUT2D eigenvalue weighted by molar-refractivity contribution is -0.143. The van der Waals surface area contributed by atoms with Gasteiger partial charge in [0.15, 0.2) is 0 Å². The number of nitrogens with one attached hydrogen (secondary N) is 7. The van der Waals surface area contributed by atoms with Crippen LogP contribution in [0.3, 0.4) is 0 Å². The second kappa shape index (κ2) is 22.2. The highest BCUT2D eigenvalue weighted by Crippen LogP contribution is 2.28. The van der Waals surface area contributed by atoms with E-state index >= 15 is 0 Å². The molecule has 350 valence electrons. The van der Waals surface area contributed by atoms with Gasteiger partial charge in [-0.1, -0.05) is 68.4 Å². The Morgan fingerprint density at radius 1 is 0.636 bits per heavy atom. The van der Waals surface area contributed by atoms with Gasteiger partial charge in [-0.3, -0.25) is 43.2 Å². The Morgan fingerprint density at radius 3 is 1.76 bits per heavy atom. The van der Waals surface area contributed by atoms with E-state index in [1.165, 1.54) is 4.90 Å². The number of likely N-dealkylation sites (tertiary alicyclic amines) is 1. The number of piperidine rings is 1. The summed E-state index contributed by atoms with van der Waals surface area (Å²) in [6.07, 6.45) is 0.0362. The molecule has 2 aliphatic heterocycles. The lowest BCUT2D eigenvalue weighted by atomic mass is 9.89. The number of rotatable bonds is 12. The highest BCUT2D eigenvalue weighted by atomic mass is 32.1. The third-order valence-corrected chi connectivity index (χ3v) is 12.5. The fraction of sp³-hybridized carbons (Fsp3) is 0.413. The minimum absolute atomic E-state index is 0.0526. The molecule has 0 aliphatic carbocycles. The summed E-state index contributed by atoms with van der Waals surface area (Å²) in [7, 11) is 0. The van der Waals surface area contributed by atoms with Crippen LogP contribution >= 0.6 is 11.3 Å². The number of hydrogen-bond donors (Lipinski definition) is 9. The number of carbonyl (C=O) groups is 9. The van der Waals surface area contributed by atoms with Crippen LogP contribution in [0, 0.1) is 5.92 Å². The summed E-state index contributed by atoms with van der Waals surface area (Å²) < 4.78 is 0. The minimum atomic E-state index is -1.88. The quantitative estimate of drug-likeness (QED) is 0.0989. The number of carboxylic acid groups (broad SMARTS) is 2. The monoisotopic (exact) mass is 926 g/mol. The standard InChI is InChI=1S/C46H54N8O11S/c1-25(2)19-31-41(60)48-32(20-28-24-47-30-12-7-6-11-29(28)30)42(61)50-34(22-38(56)57)44(63)49-33(21-37(55)54-16-14-27(15-17-54)26-9-4-3-5-10-26)43(62)51-35(23-39(58)59)45(64)53-40(46(65)52-31)36-13-8-18-66-36/h3-13,18,24-25,27,31-35,40,47H,14-17,19-23H2,1-2H3,(H,48,60)(H,49,63)(H,50,61)(H,51,62)(H,52,65)(H,53,64)(H,56,57)(H,58,59). The molecule has 2 saturated heterocycles. The number of thiophene rings is 1. The largest absolute Gasteiger partial charge is 0.481 e. The molecule has 0 spiro atoms. The zero-order valence-corrected chi connectivity index (χ0v) is 37.2. The number of aromatic nitrogens is 1. The number of para-hydroxylation sites is 1. The molecule has 6 unspecified atom stereocenters. The van der Waals surface area contributed by atoms with Crippen molar-refractivity contribution in [1.82, 2.24) is 41.8 Å². The number of nitrogens with zero attached hydrogens (tertiary/aromatic N) is 1. The molecule has 2 fully saturated rings. The minimum Gasteiger partial charge on any atom is -0.481 e. The molecular weight excluding hydrogens is 873 g/mol. The van der Waals surface area contributed by atoms with Crippen molar-refractivity contribution in [3.63, 3.8) is 0 Å². The number of aromatic amines is 1. The summed E-state index contributed by atoms with van der Waals surface area (Å²) in [5, 5.41) is 37.2. The zero-order valence-electron chi connectivity index (χ0n) is 36.4. The molecule has 2 aliphatic rings. The molecular formula is C46H54N8O11S. The Morgan fingerprint density at radius 2 is 1.17 bits per heavy atom. The van der Waals surface area contributed by atoms with Gasteiger partial charge in [-0.05, 0) is 59.7 Å². The van der Waals surface area contributed by atoms with Gasteiger partial charge in [0.05, 0.1) is 19.3 Å². The second-order valence-corrected chi connectivity index (χ2v) is 17.9. The third kappa shape index (κ3) is 12.8. The molecule has 0 radical (unpaired) electrons. The maximum Gasteiger partial charge on any atom is 0.305 e. The summed E-state index contributed by atoms with van der Waals surface area (Å²) in [5.74, 6) is -9.78. The number of amides is 7. The van der Waals surface area contributed by atoms with Crippen LogP contribution < -0.4 is 31.9 Å². The first-order valence-corrected chi connectivity index (χ1v) is 22.6. The average molecular weight is 927 g/mol. The highest BCUT2D eigenvalue weighted by Gasteiger charge is 2.38. The van der Waals surface area contributed by atoms with Crippen LogP contribution in [-0.2, 0) is 49.6 Å². The Balaban J connectivity index is 1.36. The number of H-pyrrole nitrogens is 1. The van der Waals surface area contributed by atoms with Gasteiger partial charge in [0, 0.05) is 41.5 Å². The Hall–Kier alpha value is -7.09. The maximum atomic E-state index is 14.4. The van der Waals surface area contributed by atoms with Crippen LogP contribution in [0.15, 0.2) is 78.3 Å². The molecule has 20 heteroatoms. The average Bonchev–Trinajstić information content (AvgIpc) is 3.97. The summed E-state index contributed by atoms with van der Waals surface area (Å²) in [5.41, 5.74) is 2.40. The molecule has 4 aromatic rings. The predicted octanol–water partition coefficient (Wildman–Crippen LogP) is 1.86. The van der Waals surface area contributed by atoms with Gasteiger partial charge in [-0.2, -0.15) is 0 Å². The van der Waals surface area contributed by atoms with E-state index < -0.39 is 109 Å². The lowest BCUT2D eigenvalue weighted by Crippen LogP contribution is -2.61. The van der Waals surface area contributed by atoms with Crippen molar-refractivity contribution in [2.24, 2.45) is 5.92 Å². The highest BCUT2D eigenvalue weighted by molar-refractivity contribution is 7.10. The van der Waals surface area contributed by atoms with E-state index in [0.29, 0.717) is 41.8 Å². The molecule has 0 saturated carbocycles. The maximum absolute atomic E-state index is 14.4. The van der Waals surface area contributed by atoms with Crippen molar-refractivity contribution < 1.29 is 53.4 Å². The normalized spacial score (nSPS) is 23.1. The van der Waals surface area contributed by atoms with E-state index in [2.05, 4.69) is 36.9 Å². The smallest absolute Gasteiger partial charge is 0.305 e. The molecule has 9 N–H and O–H groups in total. The number of hydrogen-bond acceptors (Lipinski definition) is 10. The van der Waals surface area contributed by atoms with Crippen molar-refractivity contribution in [3.05, 3.63) is 94.3 Å². The van der Waals surface area contributed by atoms with Gasteiger partial charge in [-0.15, -0.1) is 11.3 Å². The molecule has 6 atom stereocenters. The molecule has 6 rings (SSSR count). The van der Waals surface area contributed by atoms with Gasteiger partial charge in [-0.25, -0.2) is 0 Å². The van der Waals surface area contributed by atoms with E-state index in [0.717, 1.165) is 22.4 Å². The topological polar surface area (TPSA) is 285 Å². The summed E-state index contributed by atoms with van der Waals surface area (Å²) in [4.78, 5) is 128. The van der Waals surface area contributed by atoms with Gasteiger partial charge in [0.1, 0.15) is 36.3 Å². The van der Waals surface area contributed by atoms with Crippen LogP contribution in [-0.4, -0.2) is 117 Å². The van der Waals surface area contributed by atoms with E-state index in [9.17, 15) is 53.4 Å². The number of benzene rings is 2. The van der Waals surface area contributed by atoms with Gasteiger partial charge in [0.25, 0.3) is 0 Å². The van der Waals surface area contributed by atoms with Crippen LogP contribution in [0.2, 0.25) is 0 Å². The molecule has 4 heterocycles. The van der Waals surface area contributed by atoms with Crippen molar-refractivity contribution in [1.29, 1.82) is 0 Å². The van der Waals surface area contributed by atoms with E-state index in [4.69, 9.17) is 0 Å². The first-order chi connectivity index (χ1) is 31.6. The predicted molar refractivity (Wildman–Crippen MR) is 240 cm³/mol. The van der Waals surface area contributed by atoms with Crippen molar-refractivity contribution >= 4 is 75.5 Å². The van der Waals surface area contributed by atoms with Crippen molar-refractivity contribution in [3.8, 4) is 0 Å². The fourth-order valence-corrected chi connectivity index (χ4v) is 8.98. The molecule has 19 nitrogen and oxygen atoms in total. The second-order valence-electron chi connectivity index (χ2n) is 16.9. The first-order valence-electron chi connectivity index (χ1n) is 21.7. The molecule has 7 amide bonds. The van der Waals surface area contributed by atoms with Crippen LogP contribution in [0.25, 0.3) is 10.9 Å². The van der Waals surface area contributed by atoms with Gasteiger partial charge < -0.3 is 52.0 Å². The molecule has 2 aromatic carbocycles. The van der Waals surface area contributed by atoms with E-state index in [1.807, 2.05) is 30.3 Å². The summed E-state index contributed by atoms with van der Waals surface area (Å²) in [6, 6.07) is 10.3. The SMILES string of the molecule is CC(C)CC1NC(=O)C(c2cccs2)NC(=O)C(CC(=O)O)NC(=O)C(CC(=O)N2CCC(c3ccccc3)CC2)NC(=O)C(CC(=O)O)NC(=O)C(Cc2c[nH]c3ccccc23)NC1=O. The molecule has 2 aromatic heterocycles. The van der Waals surface area contributed by atoms with Crippen LogP contribution in [0.1, 0.15) is 80.3 Å². The zero-order chi connectivity index (χ0) is 47.5. The van der Waals surface area contributed by atoms with Crippen LogP contribution in [0.5, 0.6) is 0 Å². The Kier molecular flexibility index (Phi) is 16.3. The number of carbonyl (C=O) groups excluding carboxylic acids is 7. The number of fused-ring (bicyclic) bond motifs is 1. The summed E-state index contributed by atoms with van der Waals surface area (Å²) in [6.45, 7) is 4.19. The van der Waals surface area contributed by atoms with Gasteiger partial charge >= 0.3 is 11.9 Å². The van der Waals surface area contributed by atoms with E-state index in [1.54, 1.807) is 61.8 Å². The van der Waals surface area contributed by atoms with Crippen molar-refractivity contribution in [2.45, 2.75) is 101 Å². The fourth-order valence-electron chi connectivity index (χ4n) is 8.21. The first kappa shape index (κ1) is 48.4. The van der Waals surface area contributed by atoms with Crippen LogP contribution in [0.4, 0.5) is 0 Å². The summed E-state index contributed by atoms with van der Waals surface area (Å²) >= 11 is 1.08. The molecule has 0 bridgehead atoms. The number of aliphatic carboxylic acids is 2. The third-order valence-electron chi connectivity index (χ3n) is 11.6. The lowest BCUT2D eigenvalue weighted by Gasteiger charge is -2.33. The van der Waals surface area contributed by atoms with E-state index in [-0.39, 0.29) is 24.7 Å².